The minimum atomic E-state index is -0.376. The molecule has 0 amide bonds. The van der Waals surface area contributed by atoms with Gasteiger partial charge in [-0.05, 0) is 35.7 Å². The summed E-state index contributed by atoms with van der Waals surface area (Å²) < 4.78 is 13.8. The maximum Gasteiger partial charge on any atom is 0.159 e. The molecule has 0 saturated carbocycles. The highest BCUT2D eigenvalue weighted by atomic mass is 19.1. The molecule has 3 rings (SSSR count). The van der Waals surface area contributed by atoms with Gasteiger partial charge in [-0.1, -0.05) is 38.1 Å². The van der Waals surface area contributed by atoms with Gasteiger partial charge in [0, 0.05) is 5.69 Å². The number of para-hydroxylation sites is 1. The van der Waals surface area contributed by atoms with Crippen LogP contribution in [0.5, 0.6) is 0 Å². The first kappa shape index (κ1) is 16.7. The number of nitrogens with two attached hydrogens (primary N) is 1. The fourth-order valence-electron chi connectivity index (χ4n) is 2.37. The first-order valence-electron chi connectivity index (χ1n) is 8.03. The summed E-state index contributed by atoms with van der Waals surface area (Å²) in [5, 5.41) is 6.07. The zero-order valence-electron chi connectivity index (χ0n) is 14.1. The number of benzene rings is 2. The van der Waals surface area contributed by atoms with E-state index < -0.39 is 0 Å². The number of rotatable bonds is 5. The van der Waals surface area contributed by atoms with Crippen molar-refractivity contribution < 1.29 is 4.39 Å². The number of hydrogen-bond acceptors (Lipinski definition) is 5. The van der Waals surface area contributed by atoms with Crippen LogP contribution in [0, 0.1) is 5.82 Å². The number of anilines is 5. The highest BCUT2D eigenvalue weighted by Crippen LogP contribution is 2.29. The first-order chi connectivity index (χ1) is 12.0. The topological polar surface area (TPSA) is 75.9 Å². The predicted octanol–water partition coefficient (Wildman–Crippen LogP) is 4.81. The Hall–Kier alpha value is -3.15. The van der Waals surface area contributed by atoms with Crippen LogP contribution in [0.3, 0.4) is 0 Å². The Balaban J connectivity index is 1.82. The quantitative estimate of drug-likeness (QED) is 0.623. The molecule has 2 aromatic carbocycles. The summed E-state index contributed by atoms with van der Waals surface area (Å²) in [6.07, 6.45) is 1.38. The second kappa shape index (κ2) is 7.17. The lowest BCUT2D eigenvalue weighted by molar-refractivity contribution is 0.632. The van der Waals surface area contributed by atoms with Crippen molar-refractivity contribution in [3.05, 3.63) is 66.2 Å². The normalized spacial score (nSPS) is 10.7. The van der Waals surface area contributed by atoms with Crippen molar-refractivity contribution in [1.29, 1.82) is 0 Å². The molecule has 4 N–H and O–H groups in total. The van der Waals surface area contributed by atoms with Crippen LogP contribution < -0.4 is 16.4 Å². The molecule has 3 aromatic rings. The van der Waals surface area contributed by atoms with E-state index in [2.05, 4.69) is 46.6 Å². The van der Waals surface area contributed by atoms with Gasteiger partial charge < -0.3 is 16.4 Å². The van der Waals surface area contributed by atoms with Crippen molar-refractivity contribution in [3.8, 4) is 0 Å². The molecule has 0 spiro atoms. The molecule has 0 atom stereocenters. The van der Waals surface area contributed by atoms with Gasteiger partial charge in [0.2, 0.25) is 0 Å². The van der Waals surface area contributed by atoms with E-state index in [1.807, 2.05) is 12.1 Å². The van der Waals surface area contributed by atoms with Crippen LogP contribution in [0.2, 0.25) is 0 Å². The van der Waals surface area contributed by atoms with E-state index in [0.29, 0.717) is 28.9 Å². The van der Waals surface area contributed by atoms with Crippen molar-refractivity contribution >= 4 is 28.7 Å². The number of hydrogen-bond donors (Lipinski definition) is 3. The van der Waals surface area contributed by atoms with Crippen molar-refractivity contribution in [3.63, 3.8) is 0 Å². The van der Waals surface area contributed by atoms with Gasteiger partial charge in [-0.3, -0.25) is 0 Å². The molecule has 0 unspecified atom stereocenters. The van der Waals surface area contributed by atoms with Crippen LogP contribution in [0.1, 0.15) is 25.3 Å². The summed E-state index contributed by atoms with van der Waals surface area (Å²) in [7, 11) is 0. The average molecular weight is 337 g/mol. The van der Waals surface area contributed by atoms with Crippen molar-refractivity contribution in [1.82, 2.24) is 9.97 Å². The fraction of sp³-hybridized carbons (Fsp3) is 0.158. The maximum atomic E-state index is 13.8. The highest BCUT2D eigenvalue weighted by molar-refractivity contribution is 5.80. The second-order valence-electron chi connectivity index (χ2n) is 5.99. The highest BCUT2D eigenvalue weighted by Gasteiger charge is 2.10. The summed E-state index contributed by atoms with van der Waals surface area (Å²) in [5.41, 5.74) is 8.88. The monoisotopic (exact) mass is 337 g/mol. The molecule has 5 nitrogen and oxygen atoms in total. The predicted molar refractivity (Wildman–Crippen MR) is 99.9 cm³/mol. The summed E-state index contributed by atoms with van der Waals surface area (Å²) in [6, 6.07) is 14.4. The van der Waals surface area contributed by atoms with Gasteiger partial charge >= 0.3 is 0 Å². The fourth-order valence-corrected chi connectivity index (χ4v) is 2.37. The van der Waals surface area contributed by atoms with Gasteiger partial charge in [0.05, 0.1) is 5.69 Å². The maximum absolute atomic E-state index is 13.8. The Labute approximate surface area is 146 Å². The van der Waals surface area contributed by atoms with Gasteiger partial charge in [0.15, 0.2) is 11.6 Å². The molecule has 0 radical (unpaired) electrons. The van der Waals surface area contributed by atoms with Crippen LogP contribution in [0.15, 0.2) is 54.9 Å². The number of halogens is 1. The molecule has 25 heavy (non-hydrogen) atoms. The Morgan fingerprint density at radius 2 is 1.56 bits per heavy atom. The summed E-state index contributed by atoms with van der Waals surface area (Å²) in [6.45, 7) is 4.29. The molecule has 1 aromatic heterocycles. The molecule has 0 aliphatic carbocycles. The molecule has 0 fully saturated rings. The molecule has 0 aliphatic rings. The minimum absolute atomic E-state index is 0.306. The number of nitrogen functional groups attached to an aromatic ring is 1. The van der Waals surface area contributed by atoms with Gasteiger partial charge in [0.25, 0.3) is 0 Å². The van der Waals surface area contributed by atoms with E-state index in [9.17, 15) is 4.39 Å². The molecule has 0 bridgehead atoms. The molecule has 0 saturated heterocycles. The van der Waals surface area contributed by atoms with Gasteiger partial charge in [-0.25, -0.2) is 14.4 Å². The van der Waals surface area contributed by atoms with E-state index in [4.69, 9.17) is 5.73 Å². The van der Waals surface area contributed by atoms with E-state index in [1.54, 1.807) is 18.2 Å². The SMILES string of the molecule is CC(C)c1ccc(Nc2ncnc(Nc3ccccc3F)c2N)cc1. The zero-order chi connectivity index (χ0) is 17.8. The lowest BCUT2D eigenvalue weighted by Gasteiger charge is -2.13. The first-order valence-corrected chi connectivity index (χ1v) is 8.03. The lowest BCUT2D eigenvalue weighted by Crippen LogP contribution is -2.06. The third kappa shape index (κ3) is 3.85. The standard InChI is InChI=1S/C19H20FN5/c1-12(2)13-7-9-14(10-8-13)24-18-17(21)19(23-11-22-18)25-16-6-4-3-5-15(16)20/h3-12H,21H2,1-2H3,(H2,22,23,24,25). The molecule has 1 heterocycles. The molecule has 0 aliphatic heterocycles. The van der Waals surface area contributed by atoms with Crippen LogP contribution in [0.25, 0.3) is 0 Å². The minimum Gasteiger partial charge on any atom is -0.393 e. The van der Waals surface area contributed by atoms with Crippen molar-refractivity contribution in [2.24, 2.45) is 0 Å². The Morgan fingerprint density at radius 1 is 0.920 bits per heavy atom. The average Bonchev–Trinajstić information content (AvgIpc) is 2.61. The van der Waals surface area contributed by atoms with E-state index in [-0.39, 0.29) is 5.82 Å². The van der Waals surface area contributed by atoms with Gasteiger partial charge in [-0.2, -0.15) is 0 Å². The summed E-state index contributed by atoms with van der Waals surface area (Å²) in [4.78, 5) is 8.28. The third-order valence-electron chi connectivity index (χ3n) is 3.85. The van der Waals surface area contributed by atoms with Crippen LogP contribution in [-0.4, -0.2) is 9.97 Å². The zero-order valence-corrected chi connectivity index (χ0v) is 14.1. The van der Waals surface area contributed by atoms with E-state index in [1.165, 1.54) is 18.0 Å². The van der Waals surface area contributed by atoms with Crippen molar-refractivity contribution in [2.45, 2.75) is 19.8 Å². The third-order valence-corrected chi connectivity index (χ3v) is 3.85. The lowest BCUT2D eigenvalue weighted by atomic mass is 10.0. The van der Waals surface area contributed by atoms with Crippen molar-refractivity contribution in [2.75, 3.05) is 16.4 Å². The van der Waals surface area contributed by atoms with E-state index in [0.717, 1.165) is 5.69 Å². The van der Waals surface area contributed by atoms with Crippen LogP contribution >= 0.6 is 0 Å². The van der Waals surface area contributed by atoms with E-state index >= 15 is 0 Å². The molecule has 128 valence electrons. The largest absolute Gasteiger partial charge is 0.393 e. The molecular formula is C19H20FN5. The van der Waals surface area contributed by atoms with Crippen LogP contribution in [0.4, 0.5) is 33.1 Å². The number of nitrogens with zero attached hydrogens (tertiary/aromatic N) is 2. The molecule has 6 heteroatoms. The van der Waals surface area contributed by atoms with Gasteiger partial charge in [-0.15, -0.1) is 0 Å². The smallest absolute Gasteiger partial charge is 0.159 e. The molecular weight excluding hydrogens is 317 g/mol. The summed E-state index contributed by atoms with van der Waals surface area (Å²) in [5.74, 6) is 0.904. The second-order valence-corrected chi connectivity index (χ2v) is 5.99. The number of aromatic nitrogens is 2. The summed E-state index contributed by atoms with van der Waals surface area (Å²) >= 11 is 0. The number of nitrogens with one attached hydrogen (secondary N) is 2. The Kier molecular flexibility index (Phi) is 4.79. The van der Waals surface area contributed by atoms with Crippen LogP contribution in [-0.2, 0) is 0 Å². The Bertz CT molecular complexity index is 862. The van der Waals surface area contributed by atoms with Gasteiger partial charge in [0.1, 0.15) is 17.8 Å². The Morgan fingerprint density at radius 3 is 2.20 bits per heavy atom.